The average molecular weight is 503 g/mol. The highest BCUT2D eigenvalue weighted by Crippen LogP contribution is 2.37. The van der Waals surface area contributed by atoms with Gasteiger partial charge < -0.3 is 9.67 Å². The van der Waals surface area contributed by atoms with Crippen LogP contribution in [0.5, 0.6) is 0 Å². The number of hydrogen-bond acceptors (Lipinski definition) is 7. The SMILES string of the molecule is CS(=O)(=O)C1CCC(n2c(CCO)nc3cnc4c(ccn4S(=O)(=O)c4ccccc4)c32)CC1. The second-order valence-corrected chi connectivity index (χ2v) is 12.9. The minimum absolute atomic E-state index is 0.00392. The minimum Gasteiger partial charge on any atom is -0.396 e. The summed E-state index contributed by atoms with van der Waals surface area (Å²) in [4.78, 5) is 9.29. The molecule has 0 aliphatic heterocycles. The Balaban J connectivity index is 1.66. The highest BCUT2D eigenvalue weighted by Gasteiger charge is 2.31. The van der Waals surface area contributed by atoms with E-state index in [2.05, 4.69) is 14.5 Å². The Hall–Kier alpha value is -2.76. The van der Waals surface area contributed by atoms with Gasteiger partial charge in [-0.1, -0.05) is 18.2 Å². The van der Waals surface area contributed by atoms with Gasteiger partial charge in [0.15, 0.2) is 5.65 Å². The molecule has 3 aromatic heterocycles. The number of pyridine rings is 1. The van der Waals surface area contributed by atoms with Gasteiger partial charge in [0.2, 0.25) is 0 Å². The highest BCUT2D eigenvalue weighted by atomic mass is 32.2. The zero-order chi connectivity index (χ0) is 24.1. The fraction of sp³-hybridized carbons (Fsp3) is 0.391. The first-order valence-corrected chi connectivity index (χ1v) is 14.6. The lowest BCUT2D eigenvalue weighted by Gasteiger charge is -2.30. The van der Waals surface area contributed by atoms with Crippen LogP contribution in [-0.2, 0) is 26.3 Å². The van der Waals surface area contributed by atoms with Crippen molar-refractivity contribution in [3.05, 3.63) is 54.6 Å². The molecule has 180 valence electrons. The second kappa shape index (κ2) is 8.47. The van der Waals surface area contributed by atoms with Crippen molar-refractivity contribution < 1.29 is 21.9 Å². The molecule has 1 N–H and O–H groups in total. The van der Waals surface area contributed by atoms with Gasteiger partial charge in [0.1, 0.15) is 21.2 Å². The first-order valence-electron chi connectivity index (χ1n) is 11.2. The lowest BCUT2D eigenvalue weighted by Crippen LogP contribution is -2.28. The quantitative estimate of drug-likeness (QED) is 0.430. The van der Waals surface area contributed by atoms with Gasteiger partial charge in [-0.15, -0.1) is 0 Å². The molecule has 0 amide bonds. The normalized spacial score (nSPS) is 19.7. The third-order valence-corrected chi connectivity index (χ3v) is 10.0. The average Bonchev–Trinajstić information content (AvgIpc) is 3.41. The van der Waals surface area contributed by atoms with Crippen molar-refractivity contribution in [1.82, 2.24) is 18.5 Å². The first kappa shape index (κ1) is 23.0. The summed E-state index contributed by atoms with van der Waals surface area (Å²) >= 11 is 0. The summed E-state index contributed by atoms with van der Waals surface area (Å²) in [6, 6.07) is 9.93. The van der Waals surface area contributed by atoms with Crippen LogP contribution in [0.4, 0.5) is 0 Å². The number of aliphatic hydroxyl groups is 1. The minimum atomic E-state index is -3.84. The molecule has 11 heteroatoms. The van der Waals surface area contributed by atoms with Crippen molar-refractivity contribution in [3.8, 4) is 0 Å². The van der Waals surface area contributed by atoms with Crippen LogP contribution < -0.4 is 0 Å². The second-order valence-electron chi connectivity index (χ2n) is 8.79. The molecule has 0 saturated heterocycles. The molecule has 0 atom stereocenters. The Morgan fingerprint density at radius 2 is 1.74 bits per heavy atom. The Kier molecular flexibility index (Phi) is 5.73. The molecular weight excluding hydrogens is 476 g/mol. The van der Waals surface area contributed by atoms with Gasteiger partial charge in [-0.2, -0.15) is 0 Å². The van der Waals surface area contributed by atoms with E-state index in [1.807, 2.05) is 0 Å². The molecule has 0 bridgehead atoms. The van der Waals surface area contributed by atoms with Gasteiger partial charge in [-0.25, -0.2) is 30.8 Å². The van der Waals surface area contributed by atoms with Crippen LogP contribution in [0.1, 0.15) is 37.5 Å². The molecule has 34 heavy (non-hydrogen) atoms. The van der Waals surface area contributed by atoms with E-state index in [1.165, 1.54) is 16.4 Å². The largest absolute Gasteiger partial charge is 0.396 e. The maximum Gasteiger partial charge on any atom is 0.269 e. The fourth-order valence-corrected chi connectivity index (χ4v) is 7.45. The molecule has 3 heterocycles. The first-order chi connectivity index (χ1) is 16.2. The summed E-state index contributed by atoms with van der Waals surface area (Å²) in [5.41, 5.74) is 1.69. The number of rotatable bonds is 6. The maximum absolute atomic E-state index is 13.3. The van der Waals surface area contributed by atoms with Crippen molar-refractivity contribution in [3.63, 3.8) is 0 Å². The van der Waals surface area contributed by atoms with Crippen molar-refractivity contribution in [2.24, 2.45) is 0 Å². The van der Waals surface area contributed by atoms with Crippen molar-refractivity contribution in [1.29, 1.82) is 0 Å². The molecule has 0 unspecified atom stereocenters. The number of fused-ring (bicyclic) bond motifs is 3. The van der Waals surface area contributed by atoms with Gasteiger partial charge in [0.05, 0.1) is 28.5 Å². The van der Waals surface area contributed by atoms with Crippen LogP contribution in [0.3, 0.4) is 0 Å². The Morgan fingerprint density at radius 1 is 1.03 bits per heavy atom. The molecule has 0 spiro atoms. The summed E-state index contributed by atoms with van der Waals surface area (Å²) in [7, 11) is -6.94. The molecule has 1 aliphatic rings. The van der Waals surface area contributed by atoms with Gasteiger partial charge in [-0.05, 0) is 43.9 Å². The van der Waals surface area contributed by atoms with Crippen LogP contribution in [-0.4, -0.2) is 58.6 Å². The summed E-state index contributed by atoms with van der Waals surface area (Å²) in [5, 5.41) is 9.94. The molecule has 0 radical (unpaired) electrons. The van der Waals surface area contributed by atoms with Crippen molar-refractivity contribution in [2.75, 3.05) is 12.9 Å². The van der Waals surface area contributed by atoms with E-state index in [0.29, 0.717) is 54.5 Å². The smallest absolute Gasteiger partial charge is 0.269 e. The van der Waals surface area contributed by atoms with Gasteiger partial charge in [0.25, 0.3) is 10.0 Å². The number of aromatic nitrogens is 4. The van der Waals surface area contributed by atoms with Gasteiger partial charge >= 0.3 is 0 Å². The molecule has 1 aliphatic carbocycles. The molecule has 5 rings (SSSR count). The number of imidazole rings is 1. The van der Waals surface area contributed by atoms with Crippen LogP contribution in [0.15, 0.2) is 53.7 Å². The number of aliphatic hydroxyl groups excluding tert-OH is 1. The fourth-order valence-electron chi connectivity index (χ4n) is 5.00. The maximum atomic E-state index is 13.3. The van der Waals surface area contributed by atoms with E-state index >= 15 is 0 Å². The van der Waals surface area contributed by atoms with Crippen LogP contribution >= 0.6 is 0 Å². The number of hydrogen-bond donors (Lipinski definition) is 1. The molecule has 9 nitrogen and oxygen atoms in total. The molecule has 1 saturated carbocycles. The van der Waals surface area contributed by atoms with E-state index in [0.717, 1.165) is 5.52 Å². The number of sulfone groups is 1. The predicted molar refractivity (Wildman–Crippen MR) is 129 cm³/mol. The van der Waals surface area contributed by atoms with E-state index < -0.39 is 19.9 Å². The predicted octanol–water partition coefficient (Wildman–Crippen LogP) is 2.69. The molecule has 4 aromatic rings. The topological polar surface area (TPSA) is 124 Å². The summed E-state index contributed by atoms with van der Waals surface area (Å²) in [5.74, 6) is 0.688. The van der Waals surface area contributed by atoms with E-state index in [-0.39, 0.29) is 22.8 Å². The van der Waals surface area contributed by atoms with Crippen molar-refractivity contribution in [2.45, 2.75) is 48.3 Å². The third-order valence-electron chi connectivity index (χ3n) is 6.65. The van der Waals surface area contributed by atoms with E-state index in [9.17, 15) is 21.9 Å². The Morgan fingerprint density at radius 3 is 2.38 bits per heavy atom. The lowest BCUT2D eigenvalue weighted by molar-refractivity contribution is 0.288. The highest BCUT2D eigenvalue weighted by molar-refractivity contribution is 7.91. The zero-order valence-electron chi connectivity index (χ0n) is 18.7. The summed E-state index contributed by atoms with van der Waals surface area (Å²) in [6.45, 7) is -0.0814. The molecular formula is C23H26N4O5S2. The van der Waals surface area contributed by atoms with Crippen LogP contribution in [0.25, 0.3) is 22.1 Å². The van der Waals surface area contributed by atoms with Gasteiger partial charge in [0, 0.05) is 30.3 Å². The standard InChI is InChI=1S/C23H26N4O5S2/c1-33(29,30)17-9-7-16(8-10-17)27-21(12-14-28)25-20-15-24-23-19(22(20)27)11-13-26(23)34(31,32)18-5-3-2-4-6-18/h2-6,11,13,15-17,28H,7-10,12,14H2,1H3. The molecule has 1 aromatic carbocycles. The van der Waals surface area contributed by atoms with E-state index in [4.69, 9.17) is 0 Å². The lowest BCUT2D eigenvalue weighted by atomic mass is 9.94. The Labute approximate surface area is 198 Å². The number of benzene rings is 1. The zero-order valence-corrected chi connectivity index (χ0v) is 20.3. The van der Waals surface area contributed by atoms with Gasteiger partial charge in [-0.3, -0.25) is 0 Å². The number of nitrogens with zero attached hydrogens (tertiary/aromatic N) is 4. The van der Waals surface area contributed by atoms with Crippen LogP contribution in [0.2, 0.25) is 0 Å². The monoisotopic (exact) mass is 502 g/mol. The summed E-state index contributed by atoms with van der Waals surface area (Å²) in [6.07, 6.45) is 7.12. The van der Waals surface area contributed by atoms with Crippen LogP contribution in [0, 0.1) is 0 Å². The third kappa shape index (κ3) is 3.81. The van der Waals surface area contributed by atoms with Crippen molar-refractivity contribution >= 4 is 41.9 Å². The Bertz CT molecular complexity index is 1570. The van der Waals surface area contributed by atoms with E-state index in [1.54, 1.807) is 42.6 Å². The summed E-state index contributed by atoms with van der Waals surface area (Å²) < 4.78 is 53.9. The molecule has 1 fully saturated rings.